The first-order chi connectivity index (χ1) is 13.0. The van der Waals surface area contributed by atoms with Crippen LogP contribution in [0.2, 0.25) is 10.0 Å². The van der Waals surface area contributed by atoms with E-state index in [9.17, 15) is 4.79 Å². The van der Waals surface area contributed by atoms with Crippen LogP contribution in [0.1, 0.15) is 15.9 Å². The summed E-state index contributed by atoms with van der Waals surface area (Å²) < 4.78 is 5.65. The number of pyridine rings is 1. The van der Waals surface area contributed by atoms with Crippen LogP contribution in [0.3, 0.4) is 0 Å². The van der Waals surface area contributed by atoms with E-state index in [1.807, 2.05) is 12.1 Å². The van der Waals surface area contributed by atoms with Crippen LogP contribution >= 0.6 is 23.2 Å². The van der Waals surface area contributed by atoms with Crippen molar-refractivity contribution in [2.45, 2.75) is 6.42 Å². The van der Waals surface area contributed by atoms with Crippen LogP contribution in [-0.2, 0) is 6.42 Å². The number of halogens is 2. The van der Waals surface area contributed by atoms with Gasteiger partial charge < -0.3 is 10.1 Å². The van der Waals surface area contributed by atoms with E-state index in [4.69, 9.17) is 33.2 Å². The molecule has 0 unspecified atom stereocenters. The lowest BCUT2D eigenvalue weighted by Crippen LogP contribution is -2.12. The molecule has 0 spiro atoms. The normalized spacial score (nSPS) is 10.1. The minimum atomic E-state index is -0.322. The first kappa shape index (κ1) is 18.7. The largest absolute Gasteiger partial charge is 0.439 e. The van der Waals surface area contributed by atoms with E-state index in [2.05, 4.69) is 16.4 Å². The molecule has 3 aromatic rings. The Morgan fingerprint density at radius 3 is 2.48 bits per heavy atom. The van der Waals surface area contributed by atoms with Gasteiger partial charge >= 0.3 is 0 Å². The standard InChI is InChI=1S/C20H13Cl2N3O2/c21-17-7-3-14(11-18(17)22)20(26)25-15-4-8-19(24-12-15)27-16-5-1-13(2-6-16)9-10-23/h1-8,11-12H,9H2,(H,25,26). The molecule has 134 valence electrons. The van der Waals surface area contributed by atoms with Crippen molar-refractivity contribution in [1.82, 2.24) is 4.98 Å². The smallest absolute Gasteiger partial charge is 0.255 e. The summed E-state index contributed by atoms with van der Waals surface area (Å²) in [6, 6.07) is 17.3. The first-order valence-electron chi connectivity index (χ1n) is 7.91. The van der Waals surface area contributed by atoms with Crippen molar-refractivity contribution >= 4 is 34.8 Å². The summed E-state index contributed by atoms with van der Waals surface area (Å²) in [5.74, 6) is 0.671. The molecule has 0 saturated heterocycles. The molecule has 1 heterocycles. The number of aromatic nitrogens is 1. The predicted octanol–water partition coefficient (Wildman–Crippen LogP) is 5.50. The minimum Gasteiger partial charge on any atom is -0.439 e. The molecule has 0 atom stereocenters. The minimum absolute atomic E-state index is 0.312. The summed E-state index contributed by atoms with van der Waals surface area (Å²) in [6.45, 7) is 0. The molecule has 1 amide bonds. The van der Waals surface area contributed by atoms with Crippen LogP contribution in [0.15, 0.2) is 60.8 Å². The number of hydrogen-bond acceptors (Lipinski definition) is 4. The van der Waals surface area contributed by atoms with Crippen molar-refractivity contribution in [3.63, 3.8) is 0 Å². The van der Waals surface area contributed by atoms with Gasteiger partial charge in [-0.2, -0.15) is 5.26 Å². The van der Waals surface area contributed by atoms with Crippen LogP contribution in [0.25, 0.3) is 0 Å². The van der Waals surface area contributed by atoms with E-state index in [1.54, 1.807) is 36.4 Å². The number of nitrogens with zero attached hydrogens (tertiary/aromatic N) is 2. The molecule has 0 bridgehead atoms. The Hall–Kier alpha value is -3.07. The fraction of sp³-hybridized carbons (Fsp3) is 0.0500. The van der Waals surface area contributed by atoms with Crippen molar-refractivity contribution in [3.8, 4) is 17.7 Å². The molecule has 0 aliphatic rings. The molecule has 0 fully saturated rings. The number of carbonyl (C=O) groups excluding carboxylic acids is 1. The number of nitrogens with one attached hydrogen (secondary N) is 1. The Kier molecular flexibility index (Phi) is 5.92. The molecule has 0 aliphatic carbocycles. The number of amides is 1. The van der Waals surface area contributed by atoms with Gasteiger partial charge in [0.1, 0.15) is 5.75 Å². The van der Waals surface area contributed by atoms with Gasteiger partial charge in [-0.15, -0.1) is 0 Å². The highest BCUT2D eigenvalue weighted by Crippen LogP contribution is 2.24. The van der Waals surface area contributed by atoms with Gasteiger partial charge in [0.25, 0.3) is 5.91 Å². The van der Waals surface area contributed by atoms with E-state index in [1.165, 1.54) is 12.3 Å². The molecule has 1 aromatic heterocycles. The zero-order valence-electron chi connectivity index (χ0n) is 13.9. The number of hydrogen-bond donors (Lipinski definition) is 1. The molecule has 0 saturated carbocycles. The average molecular weight is 398 g/mol. The highest BCUT2D eigenvalue weighted by molar-refractivity contribution is 6.42. The third-order valence-corrected chi connectivity index (χ3v) is 4.34. The summed E-state index contributed by atoms with van der Waals surface area (Å²) in [6.07, 6.45) is 1.85. The van der Waals surface area contributed by atoms with Crippen LogP contribution in [-0.4, -0.2) is 10.9 Å². The molecule has 1 N–H and O–H groups in total. The molecule has 3 rings (SSSR count). The summed E-state index contributed by atoms with van der Waals surface area (Å²) >= 11 is 11.8. The molecule has 7 heteroatoms. The lowest BCUT2D eigenvalue weighted by molar-refractivity contribution is 0.102. The van der Waals surface area contributed by atoms with Crippen molar-refractivity contribution < 1.29 is 9.53 Å². The van der Waals surface area contributed by atoms with Crippen LogP contribution < -0.4 is 10.1 Å². The Morgan fingerprint density at radius 1 is 1.07 bits per heavy atom. The number of rotatable bonds is 5. The van der Waals surface area contributed by atoms with Gasteiger partial charge in [-0.05, 0) is 42.0 Å². The SMILES string of the molecule is N#CCc1ccc(Oc2ccc(NC(=O)c3ccc(Cl)c(Cl)c3)cn2)cc1. The summed E-state index contributed by atoms with van der Waals surface area (Å²) in [5.41, 5.74) is 1.82. The van der Waals surface area contributed by atoms with Gasteiger partial charge in [0.2, 0.25) is 5.88 Å². The topological polar surface area (TPSA) is 75.0 Å². The molecule has 2 aromatic carbocycles. The van der Waals surface area contributed by atoms with E-state index in [0.29, 0.717) is 39.3 Å². The average Bonchev–Trinajstić information content (AvgIpc) is 2.67. The Morgan fingerprint density at radius 2 is 1.85 bits per heavy atom. The van der Waals surface area contributed by atoms with Gasteiger partial charge in [-0.1, -0.05) is 35.3 Å². The monoisotopic (exact) mass is 397 g/mol. The van der Waals surface area contributed by atoms with E-state index in [0.717, 1.165) is 5.56 Å². The van der Waals surface area contributed by atoms with E-state index in [-0.39, 0.29) is 5.91 Å². The summed E-state index contributed by atoms with van der Waals surface area (Å²) in [7, 11) is 0. The quantitative estimate of drug-likeness (QED) is 0.616. The van der Waals surface area contributed by atoms with Crippen molar-refractivity contribution in [2.75, 3.05) is 5.32 Å². The highest BCUT2D eigenvalue weighted by atomic mass is 35.5. The molecule has 5 nitrogen and oxygen atoms in total. The fourth-order valence-corrected chi connectivity index (χ4v) is 2.54. The Balaban J connectivity index is 1.63. The third-order valence-electron chi connectivity index (χ3n) is 3.60. The predicted molar refractivity (Wildman–Crippen MR) is 104 cm³/mol. The van der Waals surface area contributed by atoms with Crippen LogP contribution in [0.4, 0.5) is 5.69 Å². The Bertz CT molecular complexity index is 997. The molecule has 0 aliphatic heterocycles. The van der Waals surface area contributed by atoms with Crippen LogP contribution in [0.5, 0.6) is 11.6 Å². The lowest BCUT2D eigenvalue weighted by Gasteiger charge is -2.08. The van der Waals surface area contributed by atoms with Gasteiger partial charge in [0.05, 0.1) is 34.4 Å². The van der Waals surface area contributed by atoms with Gasteiger partial charge in [0.15, 0.2) is 0 Å². The maximum Gasteiger partial charge on any atom is 0.255 e. The maximum absolute atomic E-state index is 12.2. The molecular weight excluding hydrogens is 385 g/mol. The summed E-state index contributed by atoms with van der Waals surface area (Å²) in [4.78, 5) is 16.4. The summed E-state index contributed by atoms with van der Waals surface area (Å²) in [5, 5.41) is 12.1. The van der Waals surface area contributed by atoms with Gasteiger partial charge in [-0.3, -0.25) is 4.79 Å². The Labute approximate surface area is 166 Å². The second-order valence-corrected chi connectivity index (χ2v) is 6.36. The number of anilines is 1. The van der Waals surface area contributed by atoms with Crippen molar-refractivity contribution in [1.29, 1.82) is 5.26 Å². The number of ether oxygens (including phenoxy) is 1. The second kappa shape index (κ2) is 8.54. The van der Waals surface area contributed by atoms with Crippen molar-refractivity contribution in [2.24, 2.45) is 0 Å². The molecule has 27 heavy (non-hydrogen) atoms. The zero-order chi connectivity index (χ0) is 19.2. The fourth-order valence-electron chi connectivity index (χ4n) is 2.24. The molecule has 0 radical (unpaired) electrons. The second-order valence-electron chi connectivity index (χ2n) is 5.55. The van der Waals surface area contributed by atoms with Gasteiger partial charge in [0, 0.05) is 11.6 Å². The molecular formula is C20H13Cl2N3O2. The highest BCUT2D eigenvalue weighted by Gasteiger charge is 2.09. The van der Waals surface area contributed by atoms with Crippen molar-refractivity contribution in [3.05, 3.63) is 82.0 Å². The van der Waals surface area contributed by atoms with E-state index < -0.39 is 0 Å². The van der Waals surface area contributed by atoms with Gasteiger partial charge in [-0.25, -0.2) is 4.98 Å². The van der Waals surface area contributed by atoms with E-state index >= 15 is 0 Å². The van der Waals surface area contributed by atoms with Crippen LogP contribution in [0, 0.1) is 11.3 Å². The maximum atomic E-state index is 12.2. The number of nitriles is 1. The number of benzene rings is 2. The number of carbonyl (C=O) groups is 1. The first-order valence-corrected chi connectivity index (χ1v) is 8.67. The lowest BCUT2D eigenvalue weighted by atomic mass is 10.2. The third kappa shape index (κ3) is 4.98. The zero-order valence-corrected chi connectivity index (χ0v) is 15.5.